The maximum atomic E-state index is 13.1. The SMILES string of the molecule is CCCCCC[C@@H](OC(=O)[C@@H]1CCCC1C(=O)OCc1ccccc1)[C@@H](C)CC(=O)NC. The van der Waals surface area contributed by atoms with Crippen LogP contribution in [0.3, 0.4) is 0 Å². The summed E-state index contributed by atoms with van der Waals surface area (Å²) in [5.41, 5.74) is 0.924. The van der Waals surface area contributed by atoms with E-state index in [0.29, 0.717) is 19.3 Å². The summed E-state index contributed by atoms with van der Waals surface area (Å²) in [4.78, 5) is 37.6. The van der Waals surface area contributed by atoms with Crippen molar-refractivity contribution in [2.75, 3.05) is 7.05 Å². The van der Waals surface area contributed by atoms with Crippen LogP contribution in [0.5, 0.6) is 0 Å². The summed E-state index contributed by atoms with van der Waals surface area (Å²) in [6.45, 7) is 4.32. The van der Waals surface area contributed by atoms with E-state index >= 15 is 0 Å². The first-order valence-corrected chi connectivity index (χ1v) is 12.1. The van der Waals surface area contributed by atoms with Crippen LogP contribution in [0.25, 0.3) is 0 Å². The van der Waals surface area contributed by atoms with Gasteiger partial charge in [0, 0.05) is 19.4 Å². The summed E-state index contributed by atoms with van der Waals surface area (Å²) in [5.74, 6) is -1.72. The third kappa shape index (κ3) is 8.29. The Labute approximate surface area is 192 Å². The van der Waals surface area contributed by atoms with Crippen molar-refractivity contribution in [2.45, 2.75) is 84.3 Å². The number of hydrogen-bond acceptors (Lipinski definition) is 5. The fourth-order valence-corrected chi connectivity index (χ4v) is 4.35. The van der Waals surface area contributed by atoms with Gasteiger partial charge in [0.25, 0.3) is 0 Å². The van der Waals surface area contributed by atoms with Crippen LogP contribution in [-0.2, 0) is 30.5 Å². The molecule has 178 valence electrons. The van der Waals surface area contributed by atoms with Crippen molar-refractivity contribution < 1.29 is 23.9 Å². The van der Waals surface area contributed by atoms with Crippen molar-refractivity contribution in [3.05, 3.63) is 35.9 Å². The first-order chi connectivity index (χ1) is 15.5. The van der Waals surface area contributed by atoms with E-state index in [1.165, 1.54) is 0 Å². The summed E-state index contributed by atoms with van der Waals surface area (Å²) in [6, 6.07) is 9.53. The summed E-state index contributed by atoms with van der Waals surface area (Å²) in [7, 11) is 1.61. The Morgan fingerprint density at radius 2 is 1.72 bits per heavy atom. The molecule has 0 aliphatic heterocycles. The molecule has 6 heteroatoms. The van der Waals surface area contributed by atoms with Crippen LogP contribution in [-0.4, -0.2) is 31.0 Å². The predicted octanol–water partition coefficient (Wildman–Crippen LogP) is 4.80. The maximum absolute atomic E-state index is 13.1. The van der Waals surface area contributed by atoms with E-state index < -0.39 is 11.8 Å². The Morgan fingerprint density at radius 3 is 2.38 bits per heavy atom. The average Bonchev–Trinajstić information content (AvgIpc) is 3.30. The Balaban J connectivity index is 1.95. The fourth-order valence-electron chi connectivity index (χ4n) is 4.35. The molecule has 4 atom stereocenters. The van der Waals surface area contributed by atoms with Crippen LogP contribution in [0.4, 0.5) is 0 Å². The highest BCUT2D eigenvalue weighted by Gasteiger charge is 2.41. The van der Waals surface area contributed by atoms with Gasteiger partial charge in [-0.2, -0.15) is 0 Å². The van der Waals surface area contributed by atoms with Crippen molar-refractivity contribution in [1.29, 1.82) is 0 Å². The fraction of sp³-hybridized carbons (Fsp3) is 0.654. The molecule has 0 aromatic heterocycles. The van der Waals surface area contributed by atoms with Crippen LogP contribution < -0.4 is 5.32 Å². The lowest BCUT2D eigenvalue weighted by atomic mass is 9.93. The van der Waals surface area contributed by atoms with Gasteiger partial charge < -0.3 is 14.8 Å². The molecule has 0 radical (unpaired) electrons. The summed E-state index contributed by atoms with van der Waals surface area (Å²) >= 11 is 0. The quantitative estimate of drug-likeness (QED) is 0.348. The molecule has 1 saturated carbocycles. The molecule has 1 N–H and O–H groups in total. The van der Waals surface area contributed by atoms with E-state index in [1.807, 2.05) is 37.3 Å². The molecular weight excluding hydrogens is 406 g/mol. The maximum Gasteiger partial charge on any atom is 0.310 e. The number of benzene rings is 1. The number of esters is 2. The monoisotopic (exact) mass is 445 g/mol. The third-order valence-electron chi connectivity index (χ3n) is 6.38. The number of carbonyl (C=O) groups excluding carboxylic acids is 3. The first-order valence-electron chi connectivity index (χ1n) is 12.1. The lowest BCUT2D eigenvalue weighted by molar-refractivity contribution is -0.165. The molecule has 0 bridgehead atoms. The molecule has 1 aromatic rings. The lowest BCUT2D eigenvalue weighted by Crippen LogP contribution is -2.35. The molecule has 1 amide bonds. The van der Waals surface area contributed by atoms with Crippen LogP contribution >= 0.6 is 0 Å². The van der Waals surface area contributed by atoms with E-state index in [4.69, 9.17) is 9.47 Å². The zero-order valence-corrected chi connectivity index (χ0v) is 19.8. The lowest BCUT2D eigenvalue weighted by Gasteiger charge is -2.26. The van der Waals surface area contributed by atoms with Gasteiger partial charge in [0.15, 0.2) is 0 Å². The average molecular weight is 446 g/mol. The van der Waals surface area contributed by atoms with Crippen molar-refractivity contribution >= 4 is 17.8 Å². The molecule has 0 spiro atoms. The number of rotatable bonds is 13. The van der Waals surface area contributed by atoms with E-state index in [2.05, 4.69) is 12.2 Å². The Morgan fingerprint density at radius 1 is 1.03 bits per heavy atom. The molecule has 32 heavy (non-hydrogen) atoms. The second-order valence-electron chi connectivity index (χ2n) is 8.92. The second-order valence-corrected chi connectivity index (χ2v) is 8.92. The molecule has 1 fully saturated rings. The highest BCUT2D eigenvalue weighted by Crippen LogP contribution is 2.35. The Hall–Kier alpha value is -2.37. The van der Waals surface area contributed by atoms with Gasteiger partial charge in [-0.3, -0.25) is 14.4 Å². The minimum atomic E-state index is -0.469. The number of nitrogens with one attached hydrogen (secondary N) is 1. The molecule has 1 unspecified atom stereocenters. The number of ether oxygens (including phenoxy) is 2. The van der Waals surface area contributed by atoms with E-state index in [0.717, 1.165) is 44.1 Å². The van der Waals surface area contributed by atoms with Crippen LogP contribution in [0.2, 0.25) is 0 Å². The smallest absolute Gasteiger partial charge is 0.310 e. The van der Waals surface area contributed by atoms with Crippen molar-refractivity contribution in [3.8, 4) is 0 Å². The number of amides is 1. The van der Waals surface area contributed by atoms with Gasteiger partial charge in [-0.25, -0.2) is 0 Å². The van der Waals surface area contributed by atoms with Crippen LogP contribution in [0.15, 0.2) is 30.3 Å². The number of unbranched alkanes of at least 4 members (excludes halogenated alkanes) is 3. The van der Waals surface area contributed by atoms with Crippen molar-refractivity contribution in [2.24, 2.45) is 17.8 Å². The highest BCUT2D eigenvalue weighted by molar-refractivity contribution is 5.83. The molecule has 1 aliphatic rings. The van der Waals surface area contributed by atoms with Gasteiger partial charge in [-0.1, -0.05) is 69.9 Å². The number of hydrogen-bond donors (Lipinski definition) is 1. The largest absolute Gasteiger partial charge is 0.462 e. The minimum absolute atomic E-state index is 0.0599. The summed E-state index contributed by atoms with van der Waals surface area (Å²) in [5, 5.41) is 2.64. The van der Waals surface area contributed by atoms with E-state index in [1.54, 1.807) is 7.05 Å². The van der Waals surface area contributed by atoms with E-state index in [-0.39, 0.29) is 36.5 Å². The first kappa shape index (κ1) is 25.9. The molecule has 0 saturated heterocycles. The molecule has 6 nitrogen and oxygen atoms in total. The summed E-state index contributed by atoms with van der Waals surface area (Å²) in [6.07, 6.45) is 7.12. The Bertz CT molecular complexity index is 720. The Kier molecular flexibility index (Phi) is 11.3. The zero-order valence-electron chi connectivity index (χ0n) is 19.8. The van der Waals surface area contributed by atoms with Crippen molar-refractivity contribution in [1.82, 2.24) is 5.32 Å². The van der Waals surface area contributed by atoms with Crippen molar-refractivity contribution in [3.63, 3.8) is 0 Å². The summed E-state index contributed by atoms with van der Waals surface area (Å²) < 4.78 is 11.4. The second kappa shape index (κ2) is 13.9. The van der Waals surface area contributed by atoms with Gasteiger partial charge in [0.2, 0.25) is 5.91 Å². The van der Waals surface area contributed by atoms with Gasteiger partial charge in [0.1, 0.15) is 12.7 Å². The van der Waals surface area contributed by atoms with Gasteiger partial charge in [0.05, 0.1) is 11.8 Å². The molecule has 1 aliphatic carbocycles. The van der Waals surface area contributed by atoms with Crippen LogP contribution in [0, 0.1) is 17.8 Å². The van der Waals surface area contributed by atoms with Gasteiger partial charge in [-0.05, 0) is 31.2 Å². The standard InChI is InChI=1S/C26H39NO5/c1-4-5-6-10-16-23(19(2)17-24(28)27-3)32-26(30)22-15-11-14-21(22)25(29)31-18-20-12-8-7-9-13-20/h7-9,12-13,19,21-23H,4-6,10-11,14-18H2,1-3H3,(H,27,28)/t19-,21?,22+,23+/m0/s1. The number of carbonyl (C=O) groups is 3. The van der Waals surface area contributed by atoms with Crippen LogP contribution in [0.1, 0.15) is 77.2 Å². The predicted molar refractivity (Wildman–Crippen MR) is 124 cm³/mol. The minimum Gasteiger partial charge on any atom is -0.462 e. The van der Waals surface area contributed by atoms with Gasteiger partial charge >= 0.3 is 11.9 Å². The van der Waals surface area contributed by atoms with Gasteiger partial charge in [-0.15, -0.1) is 0 Å². The molecule has 1 aromatic carbocycles. The molecule has 0 heterocycles. The van der Waals surface area contributed by atoms with E-state index in [9.17, 15) is 14.4 Å². The third-order valence-corrected chi connectivity index (χ3v) is 6.38. The molecule has 2 rings (SSSR count). The molecular formula is C26H39NO5. The normalized spacial score (nSPS) is 19.7. The zero-order chi connectivity index (χ0) is 23.3. The highest BCUT2D eigenvalue weighted by atomic mass is 16.5. The topological polar surface area (TPSA) is 81.7 Å².